The van der Waals surface area contributed by atoms with Crippen molar-refractivity contribution in [1.29, 1.82) is 0 Å². The Morgan fingerprint density at radius 2 is 1.93 bits per heavy atom. The van der Waals surface area contributed by atoms with E-state index in [1.165, 1.54) is 32.8 Å². The molecule has 1 aliphatic carbocycles. The molecule has 0 bridgehead atoms. The summed E-state index contributed by atoms with van der Waals surface area (Å²) in [5.41, 5.74) is 4.61. The molecule has 3 aromatic heterocycles. The Bertz CT molecular complexity index is 1300. The highest BCUT2D eigenvalue weighted by Gasteiger charge is 2.43. The van der Waals surface area contributed by atoms with Crippen molar-refractivity contribution in [3.63, 3.8) is 0 Å². The molecule has 0 spiro atoms. The molecule has 0 radical (unpaired) electrons. The number of benzene rings is 1. The van der Waals surface area contributed by atoms with Crippen molar-refractivity contribution in [3.8, 4) is 11.1 Å². The summed E-state index contributed by atoms with van der Waals surface area (Å²) in [5.74, 6) is 0.512. The number of hydrogen-bond acceptors (Lipinski definition) is 5. The van der Waals surface area contributed by atoms with Crippen LogP contribution in [0, 0.1) is 0 Å². The van der Waals surface area contributed by atoms with Gasteiger partial charge in [0.05, 0.1) is 5.52 Å². The molecule has 0 N–H and O–H groups in total. The zero-order valence-electron chi connectivity index (χ0n) is 15.2. The number of para-hydroxylation sites is 1. The Kier molecular flexibility index (Phi) is 3.56. The molecule has 2 aliphatic rings. The molecule has 4 nitrogen and oxygen atoms in total. The van der Waals surface area contributed by atoms with Crippen molar-refractivity contribution in [3.05, 3.63) is 75.9 Å². The zero-order valence-corrected chi connectivity index (χ0v) is 16.0. The van der Waals surface area contributed by atoms with Gasteiger partial charge in [-0.1, -0.05) is 24.3 Å². The molecule has 1 aromatic carbocycles. The number of nitrogens with zero attached hydrogens (tertiary/aromatic N) is 4. The van der Waals surface area contributed by atoms with E-state index in [2.05, 4.69) is 68.9 Å². The summed E-state index contributed by atoms with van der Waals surface area (Å²) >= 11 is 1.80. The van der Waals surface area contributed by atoms with E-state index < -0.39 is 0 Å². The van der Waals surface area contributed by atoms with Crippen molar-refractivity contribution >= 4 is 34.5 Å². The smallest absolute Gasteiger partial charge is 0.115 e. The largest absolute Gasteiger partial charge is 0.369 e. The molecular formula is C23H18N4S. The minimum absolute atomic E-state index is 0.512. The van der Waals surface area contributed by atoms with E-state index in [9.17, 15) is 0 Å². The van der Waals surface area contributed by atoms with E-state index in [1.54, 1.807) is 17.7 Å². The van der Waals surface area contributed by atoms with E-state index in [4.69, 9.17) is 4.98 Å². The van der Waals surface area contributed by atoms with Crippen molar-refractivity contribution < 1.29 is 0 Å². The highest BCUT2D eigenvalue weighted by molar-refractivity contribution is 7.08. The van der Waals surface area contributed by atoms with Crippen LogP contribution in [-0.4, -0.2) is 32.4 Å². The van der Waals surface area contributed by atoms with Gasteiger partial charge in [0.15, 0.2) is 0 Å². The van der Waals surface area contributed by atoms with Crippen LogP contribution in [0.3, 0.4) is 0 Å². The summed E-state index contributed by atoms with van der Waals surface area (Å²) in [7, 11) is 0. The molecule has 2 unspecified atom stereocenters. The number of hydrogen-bond donors (Lipinski definition) is 0. The Hall–Kier alpha value is -3.05. The molecule has 4 aromatic rings. The second-order valence-electron chi connectivity index (χ2n) is 7.42. The van der Waals surface area contributed by atoms with E-state index in [-0.39, 0.29) is 0 Å². The first-order chi connectivity index (χ1) is 13.9. The van der Waals surface area contributed by atoms with Crippen LogP contribution >= 0.6 is 11.3 Å². The maximum Gasteiger partial charge on any atom is 0.115 e. The SMILES string of the molecule is C1=c2scc(-c3cncnc3)c2=CN(C2CC2c2ccc3ccccc3n2)C1. The minimum Gasteiger partial charge on any atom is -0.369 e. The third-order valence-electron chi connectivity index (χ3n) is 5.70. The summed E-state index contributed by atoms with van der Waals surface area (Å²) in [6.07, 6.45) is 11.2. The van der Waals surface area contributed by atoms with Crippen LogP contribution in [0.15, 0.2) is 60.5 Å². The molecule has 0 saturated heterocycles. The van der Waals surface area contributed by atoms with Gasteiger partial charge in [-0.3, -0.25) is 4.98 Å². The van der Waals surface area contributed by atoms with E-state index in [0.29, 0.717) is 12.0 Å². The third-order valence-corrected chi connectivity index (χ3v) is 6.69. The first kappa shape index (κ1) is 16.0. The molecule has 6 rings (SSSR count). The molecule has 2 atom stereocenters. The topological polar surface area (TPSA) is 41.9 Å². The fourth-order valence-electron chi connectivity index (χ4n) is 4.13. The highest BCUT2D eigenvalue weighted by atomic mass is 32.1. The van der Waals surface area contributed by atoms with Crippen LogP contribution in [-0.2, 0) is 0 Å². The predicted molar refractivity (Wildman–Crippen MR) is 113 cm³/mol. The number of thiophene rings is 1. The lowest BCUT2D eigenvalue weighted by atomic mass is 10.1. The normalized spacial score (nSPS) is 20.4. The summed E-state index contributed by atoms with van der Waals surface area (Å²) in [6, 6.07) is 13.3. The molecule has 28 heavy (non-hydrogen) atoms. The van der Waals surface area contributed by atoms with E-state index in [0.717, 1.165) is 17.6 Å². The lowest BCUT2D eigenvalue weighted by Crippen LogP contribution is -2.34. The van der Waals surface area contributed by atoms with Gasteiger partial charge in [-0.05, 0) is 30.0 Å². The van der Waals surface area contributed by atoms with Crippen LogP contribution in [0.1, 0.15) is 18.0 Å². The average Bonchev–Trinajstić information content (AvgIpc) is 3.45. The van der Waals surface area contributed by atoms with Crippen molar-refractivity contribution in [1.82, 2.24) is 19.9 Å². The maximum absolute atomic E-state index is 4.92. The van der Waals surface area contributed by atoms with Gasteiger partial charge in [0.25, 0.3) is 0 Å². The van der Waals surface area contributed by atoms with Crippen LogP contribution in [0.25, 0.3) is 34.3 Å². The Morgan fingerprint density at radius 3 is 2.86 bits per heavy atom. The molecule has 0 amide bonds. The summed E-state index contributed by atoms with van der Waals surface area (Å²) in [4.78, 5) is 15.8. The molecular weight excluding hydrogens is 364 g/mol. The van der Waals surface area contributed by atoms with Gasteiger partial charge in [-0.15, -0.1) is 11.3 Å². The van der Waals surface area contributed by atoms with Crippen LogP contribution < -0.4 is 9.75 Å². The third kappa shape index (κ3) is 2.62. The number of aromatic nitrogens is 3. The Balaban J connectivity index is 1.32. The van der Waals surface area contributed by atoms with Gasteiger partial charge in [-0.25, -0.2) is 9.97 Å². The monoisotopic (exact) mass is 382 g/mol. The summed E-state index contributed by atoms with van der Waals surface area (Å²) in [6.45, 7) is 0.965. The summed E-state index contributed by atoms with van der Waals surface area (Å²) in [5, 5.41) is 4.72. The molecule has 1 aliphatic heterocycles. The first-order valence-electron chi connectivity index (χ1n) is 9.53. The second kappa shape index (κ2) is 6.24. The fourth-order valence-corrected chi connectivity index (χ4v) is 5.10. The number of pyridine rings is 1. The molecule has 4 heterocycles. The first-order valence-corrected chi connectivity index (χ1v) is 10.4. The number of fused-ring (bicyclic) bond motifs is 2. The van der Waals surface area contributed by atoms with E-state index >= 15 is 0 Å². The quantitative estimate of drug-likeness (QED) is 0.546. The van der Waals surface area contributed by atoms with Crippen LogP contribution in [0.2, 0.25) is 0 Å². The van der Waals surface area contributed by atoms with Gasteiger partial charge in [0.2, 0.25) is 0 Å². The zero-order chi connectivity index (χ0) is 18.5. The molecule has 136 valence electrons. The minimum atomic E-state index is 0.512. The van der Waals surface area contributed by atoms with Crippen LogP contribution in [0.5, 0.6) is 0 Å². The van der Waals surface area contributed by atoms with Gasteiger partial charge in [0, 0.05) is 69.1 Å². The van der Waals surface area contributed by atoms with Crippen molar-refractivity contribution in [2.45, 2.75) is 18.4 Å². The van der Waals surface area contributed by atoms with Gasteiger partial charge in [0.1, 0.15) is 6.33 Å². The highest BCUT2D eigenvalue weighted by Crippen LogP contribution is 2.44. The Labute approximate surface area is 166 Å². The van der Waals surface area contributed by atoms with Crippen molar-refractivity contribution in [2.24, 2.45) is 0 Å². The predicted octanol–water partition coefficient (Wildman–Crippen LogP) is 3.14. The lowest BCUT2D eigenvalue weighted by molar-refractivity contribution is 0.441. The lowest BCUT2D eigenvalue weighted by Gasteiger charge is -2.21. The van der Waals surface area contributed by atoms with E-state index in [1.807, 2.05) is 12.4 Å². The van der Waals surface area contributed by atoms with Gasteiger partial charge >= 0.3 is 0 Å². The van der Waals surface area contributed by atoms with Crippen molar-refractivity contribution in [2.75, 3.05) is 6.54 Å². The Morgan fingerprint density at radius 1 is 1.04 bits per heavy atom. The average molecular weight is 382 g/mol. The van der Waals surface area contributed by atoms with Gasteiger partial charge in [-0.2, -0.15) is 0 Å². The molecule has 5 heteroatoms. The standard InChI is InChI=1S/C23H18N4S/c1-2-4-20-15(3-1)5-6-21(26-20)17-9-22(17)27-8-7-23-18(12-27)19(13-28-23)16-10-24-14-25-11-16/h1-7,10-14,17,22H,8-9H2. The fraction of sp³-hybridized carbons (Fsp3) is 0.174. The number of rotatable bonds is 3. The second-order valence-corrected chi connectivity index (χ2v) is 8.33. The molecule has 1 fully saturated rings. The summed E-state index contributed by atoms with van der Waals surface area (Å²) < 4.78 is 1.34. The van der Waals surface area contributed by atoms with Crippen LogP contribution in [0.4, 0.5) is 0 Å². The molecule has 1 saturated carbocycles. The van der Waals surface area contributed by atoms with Gasteiger partial charge < -0.3 is 4.90 Å². The maximum atomic E-state index is 4.92.